The molecule has 10 N–H and O–H groups in total. The Labute approximate surface area is 316 Å². The van der Waals surface area contributed by atoms with Gasteiger partial charge in [-0.05, 0) is 79.6 Å². The van der Waals surface area contributed by atoms with Gasteiger partial charge < -0.3 is 61.3 Å². The van der Waals surface area contributed by atoms with E-state index in [-0.39, 0.29) is 12.7 Å². The summed E-state index contributed by atoms with van der Waals surface area (Å²) in [5.41, 5.74) is 18.8. The van der Waals surface area contributed by atoms with E-state index in [2.05, 4.69) is 30.5 Å². The summed E-state index contributed by atoms with van der Waals surface area (Å²) in [4.78, 5) is 61.0. The summed E-state index contributed by atoms with van der Waals surface area (Å²) in [5, 5.41) is 33.3. The van der Waals surface area contributed by atoms with E-state index < -0.39 is 42.3 Å². The Bertz CT molecular complexity index is 1760. The van der Waals surface area contributed by atoms with Crippen LogP contribution in [-0.2, 0) is 30.5 Å². The number of hydrogen-bond acceptors (Lipinski definition) is 16. The summed E-state index contributed by atoms with van der Waals surface area (Å²) in [7, 11) is 0. The van der Waals surface area contributed by atoms with Gasteiger partial charge in [-0.25, -0.2) is 24.5 Å². The van der Waals surface area contributed by atoms with Crippen LogP contribution in [0.25, 0.3) is 11.2 Å². The molecule has 53 heavy (non-hydrogen) atoms. The van der Waals surface area contributed by atoms with Crippen LogP contribution < -0.4 is 26.7 Å². The van der Waals surface area contributed by atoms with Gasteiger partial charge in [0.1, 0.15) is 12.4 Å². The van der Waals surface area contributed by atoms with Crippen LogP contribution in [0, 0.1) is 5.92 Å². The van der Waals surface area contributed by atoms with Gasteiger partial charge in [0.25, 0.3) is 5.91 Å². The molecule has 21 heteroatoms. The summed E-state index contributed by atoms with van der Waals surface area (Å²) in [6, 6.07) is 3.07. The number of ether oxygens (including phenoxy) is 3. The molecule has 0 aliphatic carbocycles. The number of carboxylic acids is 2. The number of benzene rings is 1. The number of aliphatic carboxylic acids is 2. The number of anilines is 1. The number of fused-ring (bicyclic) bond motifs is 2. The maximum absolute atomic E-state index is 13.0. The smallest absolute Gasteiger partial charge is 0.335 e. The number of aryl methyl sites for hydroxylation is 1. The SMILES string of the molecule is C[C@H](OC(=O)[C@@H](N)CCCCN)C(=O)N1CCC(CCn2c(Sc3cc4c(cc3Br)OCO4)nc3c(N)ncnc32)CC1.O=C(O)C(O)C(O)C(=O)O. The Kier molecular flexibility index (Phi) is 15.0. The lowest BCUT2D eigenvalue weighted by molar-refractivity contribution is -0.165. The van der Waals surface area contributed by atoms with E-state index in [1.54, 1.807) is 11.8 Å². The van der Waals surface area contributed by atoms with Gasteiger partial charge >= 0.3 is 17.9 Å². The number of amides is 1. The van der Waals surface area contributed by atoms with Gasteiger partial charge in [0.15, 0.2) is 51.9 Å². The van der Waals surface area contributed by atoms with Crippen LogP contribution in [-0.4, -0.2) is 119 Å². The lowest BCUT2D eigenvalue weighted by atomic mass is 9.93. The normalized spacial score (nSPS) is 16.3. The van der Waals surface area contributed by atoms with Crippen molar-refractivity contribution in [2.24, 2.45) is 17.4 Å². The highest BCUT2D eigenvalue weighted by molar-refractivity contribution is 9.10. The van der Waals surface area contributed by atoms with E-state index in [0.717, 1.165) is 46.6 Å². The number of piperidine rings is 1. The first kappa shape index (κ1) is 41.5. The molecule has 19 nitrogen and oxygen atoms in total. The zero-order valence-electron chi connectivity index (χ0n) is 28.8. The van der Waals surface area contributed by atoms with E-state index >= 15 is 0 Å². The van der Waals surface area contributed by atoms with Crippen molar-refractivity contribution >= 4 is 68.5 Å². The number of aliphatic hydroxyl groups is 2. The van der Waals surface area contributed by atoms with Gasteiger partial charge in [0, 0.05) is 29.0 Å². The number of carbonyl (C=O) groups excluding carboxylic acids is 2. The van der Waals surface area contributed by atoms with E-state index in [1.807, 2.05) is 12.1 Å². The lowest BCUT2D eigenvalue weighted by Gasteiger charge is -2.33. The standard InChI is InChI=1S/C28H37BrN8O5S.C4H6O6/c1-16(42-27(39)19(31)4-2-3-8-30)26(38)36-9-5-17(6-10-36)7-11-37-25-23(24(32)33-14-34-25)35-28(37)43-22-13-21-20(12-18(22)29)40-15-41-21;5-1(3(7)8)2(6)4(9)10/h12-14,16-17,19H,2-11,15,30-31H2,1H3,(H2,32,33,34);1-2,5-6H,(H,7,8)(H,9,10)/t16-,19-;/m0./s1. The average molecular weight is 828 g/mol. The van der Waals surface area contributed by atoms with Crippen molar-refractivity contribution < 1.29 is 53.8 Å². The molecule has 3 aromatic rings. The maximum atomic E-state index is 13.0. The molecular formula is C32H43BrN8O11S. The van der Waals surface area contributed by atoms with Crippen LogP contribution in [0.3, 0.4) is 0 Å². The largest absolute Gasteiger partial charge is 0.479 e. The molecule has 0 radical (unpaired) electrons. The summed E-state index contributed by atoms with van der Waals surface area (Å²) >= 11 is 5.12. The second-order valence-corrected chi connectivity index (χ2v) is 14.2. The number of halogens is 1. The molecule has 4 heterocycles. The summed E-state index contributed by atoms with van der Waals surface area (Å²) in [6.45, 7) is 4.21. The molecule has 290 valence electrons. The monoisotopic (exact) mass is 826 g/mol. The second-order valence-electron chi connectivity index (χ2n) is 12.3. The molecule has 1 amide bonds. The number of carboxylic acid groups (broad SMARTS) is 2. The van der Waals surface area contributed by atoms with Crippen LogP contribution in [0.4, 0.5) is 5.82 Å². The number of rotatable bonds is 15. The van der Waals surface area contributed by atoms with Crippen LogP contribution in [0.5, 0.6) is 11.5 Å². The Balaban J connectivity index is 0.000000550. The number of aromatic nitrogens is 4. The zero-order valence-corrected chi connectivity index (χ0v) is 31.2. The average Bonchev–Trinajstić information content (AvgIpc) is 3.74. The van der Waals surface area contributed by atoms with Crippen molar-refractivity contribution in [3.05, 3.63) is 22.9 Å². The van der Waals surface area contributed by atoms with Gasteiger partial charge in [-0.15, -0.1) is 0 Å². The second kappa shape index (κ2) is 19.2. The van der Waals surface area contributed by atoms with E-state index in [0.29, 0.717) is 67.0 Å². The summed E-state index contributed by atoms with van der Waals surface area (Å²) in [5.74, 6) is -2.18. The fraction of sp³-hybridized carbons (Fsp3) is 0.531. The third kappa shape index (κ3) is 10.9. The number of esters is 1. The molecule has 5 rings (SSSR count). The first-order valence-corrected chi connectivity index (χ1v) is 18.3. The van der Waals surface area contributed by atoms with Crippen LogP contribution in [0.15, 0.2) is 33.0 Å². The highest BCUT2D eigenvalue weighted by Gasteiger charge is 2.31. The molecule has 0 saturated carbocycles. The molecule has 2 aliphatic heterocycles. The number of aliphatic hydroxyl groups excluding tert-OH is 2. The van der Waals surface area contributed by atoms with Crippen molar-refractivity contribution in [1.82, 2.24) is 24.4 Å². The number of nitrogens with two attached hydrogens (primary N) is 3. The first-order valence-electron chi connectivity index (χ1n) is 16.7. The molecule has 1 saturated heterocycles. The number of nitrogen functional groups attached to an aromatic ring is 1. The zero-order chi connectivity index (χ0) is 38.8. The molecule has 1 fully saturated rings. The Morgan fingerprint density at radius 3 is 2.32 bits per heavy atom. The lowest BCUT2D eigenvalue weighted by Crippen LogP contribution is -2.46. The third-order valence-electron chi connectivity index (χ3n) is 8.56. The molecule has 2 aliphatic rings. The van der Waals surface area contributed by atoms with Crippen molar-refractivity contribution in [3.8, 4) is 11.5 Å². The van der Waals surface area contributed by atoms with Crippen LogP contribution in [0.1, 0.15) is 45.4 Å². The third-order valence-corrected chi connectivity index (χ3v) is 10.5. The van der Waals surface area contributed by atoms with Gasteiger partial charge in [-0.3, -0.25) is 9.59 Å². The van der Waals surface area contributed by atoms with Crippen molar-refractivity contribution in [1.29, 1.82) is 0 Å². The number of unbranched alkanes of at least 4 members (excludes halogenated alkanes) is 1. The maximum Gasteiger partial charge on any atom is 0.335 e. The quantitative estimate of drug-likeness (QED) is 0.0828. The number of imidazole rings is 1. The van der Waals surface area contributed by atoms with Crippen molar-refractivity contribution in [2.75, 3.05) is 32.2 Å². The molecule has 4 atom stereocenters. The minimum Gasteiger partial charge on any atom is -0.479 e. The summed E-state index contributed by atoms with van der Waals surface area (Å²) in [6.07, 6.45) is 0.616. The van der Waals surface area contributed by atoms with Crippen molar-refractivity contribution in [3.63, 3.8) is 0 Å². The molecule has 2 aromatic heterocycles. The molecule has 1 aromatic carbocycles. The van der Waals surface area contributed by atoms with E-state index in [1.165, 1.54) is 18.1 Å². The van der Waals surface area contributed by atoms with Gasteiger partial charge in [0.05, 0.1) is 0 Å². The van der Waals surface area contributed by atoms with Gasteiger partial charge in [0.2, 0.25) is 6.79 Å². The predicted octanol–water partition coefficient (Wildman–Crippen LogP) is 0.945. The Morgan fingerprint density at radius 1 is 1.06 bits per heavy atom. The van der Waals surface area contributed by atoms with Crippen LogP contribution >= 0.6 is 27.7 Å². The number of likely N-dealkylation sites (tertiary alicyclic amines) is 1. The van der Waals surface area contributed by atoms with E-state index in [9.17, 15) is 19.2 Å². The number of nitrogens with zero attached hydrogens (tertiary/aromatic N) is 5. The molecule has 2 unspecified atom stereocenters. The Hall–Kier alpha value is -4.28. The fourth-order valence-corrected chi connectivity index (χ4v) is 7.02. The highest BCUT2D eigenvalue weighted by atomic mass is 79.9. The summed E-state index contributed by atoms with van der Waals surface area (Å²) < 4.78 is 19.4. The topological polar surface area (TPSA) is 302 Å². The number of hydrogen-bond donors (Lipinski definition) is 7. The van der Waals surface area contributed by atoms with Gasteiger partial charge in [-0.2, -0.15) is 0 Å². The molecule has 0 spiro atoms. The molecular weight excluding hydrogens is 784 g/mol. The minimum atomic E-state index is -2.27. The Morgan fingerprint density at radius 2 is 1.70 bits per heavy atom. The van der Waals surface area contributed by atoms with Gasteiger partial charge in [-0.1, -0.05) is 18.2 Å². The number of carbonyl (C=O) groups is 4. The molecule has 0 bridgehead atoms. The highest BCUT2D eigenvalue weighted by Crippen LogP contribution is 2.43. The predicted molar refractivity (Wildman–Crippen MR) is 192 cm³/mol. The fourth-order valence-electron chi connectivity index (χ4n) is 5.51. The minimum absolute atomic E-state index is 0.193. The van der Waals surface area contributed by atoms with Crippen molar-refractivity contribution in [2.45, 2.75) is 86.4 Å². The van der Waals surface area contributed by atoms with E-state index in [4.69, 9.17) is 56.8 Å². The first-order chi connectivity index (χ1) is 25.2. The van der Waals surface area contributed by atoms with Crippen LogP contribution in [0.2, 0.25) is 0 Å².